The van der Waals surface area contributed by atoms with Crippen molar-refractivity contribution in [1.82, 2.24) is 9.80 Å². The average Bonchev–Trinajstić information content (AvgIpc) is 2.77. The molecule has 1 fully saturated rings. The summed E-state index contributed by atoms with van der Waals surface area (Å²) < 4.78 is 11.3. The molecule has 7 heteroatoms. The molecule has 172 valence electrons. The second kappa shape index (κ2) is 13.9. The molecule has 1 unspecified atom stereocenters. The monoisotopic (exact) mass is 468 g/mol. The smallest absolute Gasteiger partial charge is 0.119 e. The first-order valence-corrected chi connectivity index (χ1v) is 11.2. The van der Waals surface area contributed by atoms with Gasteiger partial charge in [-0.05, 0) is 41.8 Å². The van der Waals surface area contributed by atoms with Crippen LogP contribution in [0.4, 0.5) is 0 Å². The highest BCUT2D eigenvalue weighted by atomic mass is 35.5. The van der Waals surface area contributed by atoms with E-state index < -0.39 is 6.10 Å². The Bertz CT molecular complexity index is 735. The van der Waals surface area contributed by atoms with Crippen LogP contribution in [-0.2, 0) is 17.7 Å². The molecule has 0 aromatic heterocycles. The lowest BCUT2D eigenvalue weighted by atomic mass is 10.2. The number of piperazine rings is 1. The van der Waals surface area contributed by atoms with Gasteiger partial charge >= 0.3 is 0 Å². The van der Waals surface area contributed by atoms with Gasteiger partial charge in [-0.3, -0.25) is 9.80 Å². The van der Waals surface area contributed by atoms with E-state index in [-0.39, 0.29) is 12.4 Å². The summed E-state index contributed by atoms with van der Waals surface area (Å²) in [6, 6.07) is 16.2. The molecule has 1 aliphatic rings. The van der Waals surface area contributed by atoms with Crippen LogP contribution < -0.4 is 4.74 Å². The third-order valence-electron chi connectivity index (χ3n) is 5.39. The zero-order chi connectivity index (χ0) is 21.2. The van der Waals surface area contributed by atoms with Crippen molar-refractivity contribution in [2.24, 2.45) is 0 Å². The standard InChI is InChI=1S/C24H33ClN2O3.ClH/c1-2-20-5-9-24(10-6-20)30-16-15-29-19-23(28)18-27-13-11-26(12-14-27)17-21-3-7-22(25)8-4-21;/h3-10,23,28H,2,11-19H2,1H3;1H. The molecule has 5 nitrogen and oxygen atoms in total. The Morgan fingerprint density at radius 2 is 1.52 bits per heavy atom. The van der Waals surface area contributed by atoms with Crippen LogP contribution in [0.1, 0.15) is 18.1 Å². The maximum atomic E-state index is 10.3. The number of aliphatic hydroxyl groups excluding tert-OH is 1. The molecule has 0 aliphatic carbocycles. The molecule has 31 heavy (non-hydrogen) atoms. The van der Waals surface area contributed by atoms with Crippen molar-refractivity contribution in [3.05, 3.63) is 64.7 Å². The fraction of sp³-hybridized carbons (Fsp3) is 0.500. The summed E-state index contributed by atoms with van der Waals surface area (Å²) in [6.07, 6.45) is 0.551. The van der Waals surface area contributed by atoms with E-state index in [1.807, 2.05) is 24.3 Å². The number of ether oxygens (including phenoxy) is 2. The Morgan fingerprint density at radius 3 is 2.16 bits per heavy atom. The van der Waals surface area contributed by atoms with Gasteiger partial charge in [0.15, 0.2) is 0 Å². The lowest BCUT2D eigenvalue weighted by molar-refractivity contribution is -0.000436. The number of halogens is 2. The molecule has 1 saturated heterocycles. The Morgan fingerprint density at radius 1 is 0.903 bits per heavy atom. The number of β-amino-alcohol motifs (C(OH)–C–C–N with tert-alkyl or cyclic N) is 1. The van der Waals surface area contributed by atoms with Gasteiger partial charge in [0, 0.05) is 44.3 Å². The highest BCUT2D eigenvalue weighted by molar-refractivity contribution is 6.30. The molecule has 1 atom stereocenters. The van der Waals surface area contributed by atoms with Gasteiger partial charge in [-0.15, -0.1) is 12.4 Å². The summed E-state index contributed by atoms with van der Waals surface area (Å²) >= 11 is 5.95. The van der Waals surface area contributed by atoms with Crippen LogP contribution in [0.2, 0.25) is 5.02 Å². The fourth-order valence-electron chi connectivity index (χ4n) is 3.59. The van der Waals surface area contributed by atoms with Gasteiger partial charge < -0.3 is 14.6 Å². The second-order valence-corrected chi connectivity index (χ2v) is 8.21. The van der Waals surface area contributed by atoms with Gasteiger partial charge in [0.25, 0.3) is 0 Å². The van der Waals surface area contributed by atoms with Crippen molar-refractivity contribution in [1.29, 1.82) is 0 Å². The van der Waals surface area contributed by atoms with Crippen LogP contribution in [0, 0.1) is 0 Å². The predicted molar refractivity (Wildman–Crippen MR) is 129 cm³/mol. The van der Waals surface area contributed by atoms with Crippen molar-refractivity contribution in [3.63, 3.8) is 0 Å². The lowest BCUT2D eigenvalue weighted by Gasteiger charge is -2.35. The second-order valence-electron chi connectivity index (χ2n) is 7.78. The van der Waals surface area contributed by atoms with Gasteiger partial charge in [-0.25, -0.2) is 0 Å². The van der Waals surface area contributed by atoms with Crippen LogP contribution >= 0.6 is 24.0 Å². The largest absolute Gasteiger partial charge is 0.491 e. The Labute approximate surface area is 197 Å². The highest BCUT2D eigenvalue weighted by Crippen LogP contribution is 2.14. The average molecular weight is 469 g/mol. The minimum absolute atomic E-state index is 0. The summed E-state index contributed by atoms with van der Waals surface area (Å²) in [4.78, 5) is 4.74. The third kappa shape index (κ3) is 9.36. The topological polar surface area (TPSA) is 45.2 Å². The molecule has 2 aromatic carbocycles. The van der Waals surface area contributed by atoms with Crippen molar-refractivity contribution in [2.75, 3.05) is 52.5 Å². The molecular formula is C24H34Cl2N2O3. The van der Waals surface area contributed by atoms with E-state index in [9.17, 15) is 5.11 Å². The quantitative estimate of drug-likeness (QED) is 0.506. The van der Waals surface area contributed by atoms with E-state index in [1.165, 1.54) is 11.1 Å². The molecule has 0 saturated carbocycles. The van der Waals surface area contributed by atoms with Crippen LogP contribution in [0.3, 0.4) is 0 Å². The van der Waals surface area contributed by atoms with Gasteiger partial charge in [-0.1, -0.05) is 42.8 Å². The minimum atomic E-state index is -0.475. The normalized spacial score (nSPS) is 16.0. The number of benzene rings is 2. The van der Waals surface area contributed by atoms with Gasteiger partial charge in [0.1, 0.15) is 12.4 Å². The van der Waals surface area contributed by atoms with Crippen molar-refractivity contribution in [2.45, 2.75) is 26.0 Å². The molecule has 0 radical (unpaired) electrons. The van der Waals surface area contributed by atoms with E-state index in [2.05, 4.69) is 41.0 Å². The number of rotatable bonds is 11. The molecule has 1 N–H and O–H groups in total. The molecule has 0 amide bonds. The van der Waals surface area contributed by atoms with E-state index in [4.69, 9.17) is 21.1 Å². The maximum Gasteiger partial charge on any atom is 0.119 e. The molecule has 0 spiro atoms. The van der Waals surface area contributed by atoms with E-state index in [0.29, 0.717) is 26.4 Å². The number of hydrogen-bond acceptors (Lipinski definition) is 5. The van der Waals surface area contributed by atoms with E-state index >= 15 is 0 Å². The molecule has 3 rings (SSSR count). The molecule has 2 aromatic rings. The Balaban J connectivity index is 0.00000341. The maximum absolute atomic E-state index is 10.3. The summed E-state index contributed by atoms with van der Waals surface area (Å²) in [5.41, 5.74) is 2.58. The molecule has 1 heterocycles. The minimum Gasteiger partial charge on any atom is -0.491 e. The third-order valence-corrected chi connectivity index (χ3v) is 5.64. The first kappa shape index (κ1) is 25.9. The fourth-order valence-corrected chi connectivity index (χ4v) is 3.71. The number of nitrogens with zero attached hydrogens (tertiary/aromatic N) is 2. The zero-order valence-electron chi connectivity index (χ0n) is 18.2. The summed E-state index contributed by atoms with van der Waals surface area (Å²) in [5.74, 6) is 0.854. The molecule has 1 aliphatic heterocycles. The van der Waals surface area contributed by atoms with Crippen molar-refractivity contribution < 1.29 is 14.6 Å². The number of aryl methyl sites for hydroxylation is 1. The van der Waals surface area contributed by atoms with Crippen LogP contribution in [0.25, 0.3) is 0 Å². The summed E-state index contributed by atoms with van der Waals surface area (Å²) in [5, 5.41) is 11.0. The van der Waals surface area contributed by atoms with Crippen LogP contribution in [-0.4, -0.2) is 73.6 Å². The SMILES string of the molecule is CCc1ccc(OCCOCC(O)CN2CCN(Cc3ccc(Cl)cc3)CC2)cc1.Cl. The zero-order valence-corrected chi connectivity index (χ0v) is 19.8. The number of hydrogen-bond donors (Lipinski definition) is 1. The van der Waals surface area contributed by atoms with Crippen LogP contribution in [0.15, 0.2) is 48.5 Å². The lowest BCUT2D eigenvalue weighted by Crippen LogP contribution is -2.48. The predicted octanol–water partition coefficient (Wildman–Crippen LogP) is 3.90. The first-order valence-electron chi connectivity index (χ1n) is 10.8. The number of aliphatic hydroxyl groups is 1. The summed E-state index contributed by atoms with van der Waals surface area (Å²) in [6.45, 7) is 8.94. The Hall–Kier alpha value is -1.34. The van der Waals surface area contributed by atoms with Crippen molar-refractivity contribution in [3.8, 4) is 5.75 Å². The Kier molecular flexibility index (Phi) is 11.7. The van der Waals surface area contributed by atoms with E-state index in [1.54, 1.807) is 0 Å². The van der Waals surface area contributed by atoms with Gasteiger partial charge in [-0.2, -0.15) is 0 Å². The first-order chi connectivity index (χ1) is 14.6. The molecule has 0 bridgehead atoms. The molecular weight excluding hydrogens is 435 g/mol. The van der Waals surface area contributed by atoms with Crippen LogP contribution in [0.5, 0.6) is 5.75 Å². The van der Waals surface area contributed by atoms with Crippen molar-refractivity contribution >= 4 is 24.0 Å². The highest BCUT2D eigenvalue weighted by Gasteiger charge is 2.19. The van der Waals surface area contributed by atoms with Gasteiger partial charge in [0.2, 0.25) is 0 Å². The van der Waals surface area contributed by atoms with E-state index in [0.717, 1.165) is 49.9 Å². The van der Waals surface area contributed by atoms with Gasteiger partial charge in [0.05, 0.1) is 19.3 Å². The summed E-state index contributed by atoms with van der Waals surface area (Å²) in [7, 11) is 0.